The van der Waals surface area contributed by atoms with Gasteiger partial charge in [0, 0.05) is 31.7 Å². The van der Waals surface area contributed by atoms with Crippen molar-refractivity contribution in [3.63, 3.8) is 0 Å². The minimum atomic E-state index is 0.681. The average molecular weight is 304 g/mol. The number of nitrogens with one attached hydrogen (secondary N) is 1. The molecule has 4 nitrogen and oxygen atoms in total. The quantitative estimate of drug-likeness (QED) is 0.853. The van der Waals surface area contributed by atoms with Gasteiger partial charge >= 0.3 is 0 Å². The number of rotatable bonds is 7. The molecule has 3 rings (SSSR count). The molecule has 0 aromatic carbocycles. The van der Waals surface area contributed by atoms with Crippen molar-refractivity contribution < 1.29 is 0 Å². The van der Waals surface area contributed by atoms with Crippen molar-refractivity contribution in [2.45, 2.75) is 45.8 Å². The van der Waals surface area contributed by atoms with Crippen molar-refractivity contribution in [1.82, 2.24) is 15.1 Å². The Morgan fingerprint density at radius 2 is 2.29 bits per heavy atom. The summed E-state index contributed by atoms with van der Waals surface area (Å²) in [6.07, 6.45) is 2.60. The average Bonchev–Trinajstić information content (AvgIpc) is 3.10. The lowest BCUT2D eigenvalue weighted by Gasteiger charge is -2.26. The summed E-state index contributed by atoms with van der Waals surface area (Å²) in [6.45, 7) is 7.15. The summed E-state index contributed by atoms with van der Waals surface area (Å²) in [6, 6.07) is 2.91. The smallest absolute Gasteiger partial charge is 0.131 e. The highest BCUT2D eigenvalue weighted by molar-refractivity contribution is 7.07. The summed E-state index contributed by atoms with van der Waals surface area (Å²) in [5.74, 6) is 1.29. The molecule has 0 amide bonds. The van der Waals surface area contributed by atoms with E-state index >= 15 is 0 Å². The predicted octanol–water partition coefficient (Wildman–Crippen LogP) is 3.07. The van der Waals surface area contributed by atoms with E-state index in [9.17, 15) is 0 Å². The fourth-order valence-corrected chi connectivity index (χ4v) is 3.51. The van der Waals surface area contributed by atoms with Gasteiger partial charge in [-0.3, -0.25) is 4.68 Å². The largest absolute Gasteiger partial charge is 0.349 e. The zero-order valence-electron chi connectivity index (χ0n) is 13.1. The van der Waals surface area contributed by atoms with Crippen LogP contribution in [0.25, 0.3) is 0 Å². The van der Waals surface area contributed by atoms with E-state index in [1.54, 1.807) is 11.3 Å². The number of aryl methyl sites for hydroxylation is 2. The summed E-state index contributed by atoms with van der Waals surface area (Å²) in [5, 5.41) is 12.5. The van der Waals surface area contributed by atoms with Crippen LogP contribution in [-0.4, -0.2) is 22.4 Å². The normalized spacial score (nSPS) is 14.6. The molecule has 0 aliphatic heterocycles. The second kappa shape index (κ2) is 6.20. The molecule has 0 saturated heterocycles. The lowest BCUT2D eigenvalue weighted by Crippen LogP contribution is -2.28. The van der Waals surface area contributed by atoms with Gasteiger partial charge in [-0.15, -0.1) is 0 Å². The van der Waals surface area contributed by atoms with Crippen LogP contribution in [0.1, 0.15) is 36.6 Å². The Hall–Kier alpha value is -1.33. The second-order valence-corrected chi connectivity index (χ2v) is 6.56. The molecule has 0 radical (unpaired) electrons. The topological polar surface area (TPSA) is 33.1 Å². The fourth-order valence-electron chi connectivity index (χ4n) is 2.85. The van der Waals surface area contributed by atoms with Crippen LogP contribution < -0.4 is 10.2 Å². The highest BCUT2D eigenvalue weighted by atomic mass is 32.1. The van der Waals surface area contributed by atoms with Gasteiger partial charge in [0.05, 0.1) is 5.69 Å². The summed E-state index contributed by atoms with van der Waals surface area (Å²) >= 11 is 1.77. The van der Waals surface area contributed by atoms with E-state index in [1.165, 1.54) is 29.8 Å². The maximum atomic E-state index is 4.66. The van der Waals surface area contributed by atoms with E-state index in [1.807, 2.05) is 0 Å². The molecule has 0 atom stereocenters. The molecule has 2 heterocycles. The highest BCUT2D eigenvalue weighted by Crippen LogP contribution is 2.36. The lowest BCUT2D eigenvalue weighted by atomic mass is 10.2. The third-order valence-electron chi connectivity index (χ3n) is 4.06. The molecule has 5 heteroatoms. The first-order chi connectivity index (χ1) is 10.2. The number of anilines is 1. The summed E-state index contributed by atoms with van der Waals surface area (Å²) in [4.78, 5) is 2.55. The van der Waals surface area contributed by atoms with Crippen molar-refractivity contribution in [3.05, 3.63) is 33.6 Å². The van der Waals surface area contributed by atoms with Crippen LogP contribution in [0.5, 0.6) is 0 Å². The lowest BCUT2D eigenvalue weighted by molar-refractivity contribution is 0.680. The molecule has 1 aliphatic carbocycles. The SMILES string of the molecule is CCNCc1c(C)nn(C)c1N(Cc1ccsc1)C1CC1. The van der Waals surface area contributed by atoms with Gasteiger partial charge in [0.2, 0.25) is 0 Å². The van der Waals surface area contributed by atoms with Crippen molar-refractivity contribution in [2.75, 3.05) is 11.4 Å². The molecule has 2 aromatic heterocycles. The Morgan fingerprint density at radius 1 is 1.48 bits per heavy atom. The highest BCUT2D eigenvalue weighted by Gasteiger charge is 2.33. The Balaban J connectivity index is 1.91. The third kappa shape index (κ3) is 3.14. The predicted molar refractivity (Wildman–Crippen MR) is 88.8 cm³/mol. The zero-order chi connectivity index (χ0) is 14.8. The number of thiophene rings is 1. The van der Waals surface area contributed by atoms with Crippen LogP contribution in [0.4, 0.5) is 5.82 Å². The molecule has 0 unspecified atom stereocenters. The zero-order valence-corrected chi connectivity index (χ0v) is 13.9. The van der Waals surface area contributed by atoms with E-state index in [-0.39, 0.29) is 0 Å². The van der Waals surface area contributed by atoms with E-state index in [4.69, 9.17) is 0 Å². The van der Waals surface area contributed by atoms with E-state index < -0.39 is 0 Å². The molecule has 1 aliphatic rings. The molecule has 1 N–H and O–H groups in total. The standard InChI is InChI=1S/C16H24N4S/c1-4-17-9-15-12(2)18-19(3)16(15)20(14-5-6-14)10-13-7-8-21-11-13/h7-8,11,14,17H,4-6,9-10H2,1-3H3. The summed E-state index contributed by atoms with van der Waals surface area (Å²) in [5.41, 5.74) is 3.89. The second-order valence-electron chi connectivity index (χ2n) is 5.78. The molecule has 21 heavy (non-hydrogen) atoms. The van der Waals surface area contributed by atoms with Crippen LogP contribution in [0.2, 0.25) is 0 Å². The third-order valence-corrected chi connectivity index (χ3v) is 4.79. The maximum absolute atomic E-state index is 4.66. The number of nitrogens with zero attached hydrogens (tertiary/aromatic N) is 3. The maximum Gasteiger partial charge on any atom is 0.131 e. The van der Waals surface area contributed by atoms with Crippen molar-refractivity contribution in [2.24, 2.45) is 7.05 Å². The van der Waals surface area contributed by atoms with Gasteiger partial charge in [0.15, 0.2) is 0 Å². The van der Waals surface area contributed by atoms with Crippen LogP contribution in [0, 0.1) is 6.92 Å². The number of aromatic nitrogens is 2. The molecule has 2 aromatic rings. The fraction of sp³-hybridized carbons (Fsp3) is 0.562. The molecule has 0 spiro atoms. The molecular weight excluding hydrogens is 280 g/mol. The Labute approximate surface area is 130 Å². The molecule has 1 saturated carbocycles. The van der Waals surface area contributed by atoms with Crippen molar-refractivity contribution in [1.29, 1.82) is 0 Å². The van der Waals surface area contributed by atoms with Crippen molar-refractivity contribution >= 4 is 17.2 Å². The monoisotopic (exact) mass is 304 g/mol. The van der Waals surface area contributed by atoms with E-state index in [2.05, 4.69) is 57.7 Å². The molecule has 0 bridgehead atoms. The van der Waals surface area contributed by atoms with Crippen LogP contribution in [-0.2, 0) is 20.1 Å². The first kappa shape index (κ1) is 14.6. The summed E-state index contributed by atoms with van der Waals surface area (Å²) < 4.78 is 2.06. The van der Waals surface area contributed by atoms with Crippen molar-refractivity contribution in [3.8, 4) is 0 Å². The van der Waals surface area contributed by atoms with Gasteiger partial charge in [0.1, 0.15) is 5.82 Å². The van der Waals surface area contributed by atoms with Gasteiger partial charge in [0.25, 0.3) is 0 Å². The van der Waals surface area contributed by atoms with Crippen LogP contribution in [0.15, 0.2) is 16.8 Å². The van der Waals surface area contributed by atoms with Crippen LogP contribution >= 0.6 is 11.3 Å². The first-order valence-corrected chi connectivity index (χ1v) is 8.66. The Morgan fingerprint density at radius 3 is 2.90 bits per heavy atom. The number of hydrogen-bond acceptors (Lipinski definition) is 4. The first-order valence-electron chi connectivity index (χ1n) is 7.71. The van der Waals surface area contributed by atoms with Gasteiger partial charge < -0.3 is 10.2 Å². The van der Waals surface area contributed by atoms with Crippen LogP contribution in [0.3, 0.4) is 0 Å². The van der Waals surface area contributed by atoms with Gasteiger partial charge in [-0.05, 0) is 48.7 Å². The molecular formula is C16H24N4S. The van der Waals surface area contributed by atoms with Gasteiger partial charge in [-0.2, -0.15) is 16.4 Å². The van der Waals surface area contributed by atoms with E-state index in [0.717, 1.165) is 25.3 Å². The minimum Gasteiger partial charge on any atom is -0.349 e. The van der Waals surface area contributed by atoms with E-state index in [0.29, 0.717) is 6.04 Å². The van der Waals surface area contributed by atoms with Gasteiger partial charge in [-0.25, -0.2) is 0 Å². The molecule has 114 valence electrons. The summed E-state index contributed by atoms with van der Waals surface area (Å²) in [7, 11) is 2.07. The molecule has 1 fully saturated rings. The minimum absolute atomic E-state index is 0.681. The Bertz CT molecular complexity index is 584. The Kier molecular flexibility index (Phi) is 4.31. The number of hydrogen-bond donors (Lipinski definition) is 1. The van der Waals surface area contributed by atoms with Gasteiger partial charge in [-0.1, -0.05) is 6.92 Å².